The summed E-state index contributed by atoms with van der Waals surface area (Å²) in [5.41, 5.74) is -1.63. The topological polar surface area (TPSA) is 80.4 Å². The summed E-state index contributed by atoms with van der Waals surface area (Å²) < 4.78 is 13.0. The van der Waals surface area contributed by atoms with Gasteiger partial charge in [0, 0.05) is 6.07 Å². The average molecular weight is 225 g/mol. The second-order valence-corrected chi connectivity index (χ2v) is 3.81. The predicted molar refractivity (Wildman–Crippen MR) is 51.6 cm³/mol. The van der Waals surface area contributed by atoms with Crippen molar-refractivity contribution in [2.24, 2.45) is 0 Å². The highest BCUT2D eigenvalue weighted by Gasteiger charge is 2.55. The van der Waals surface area contributed by atoms with E-state index < -0.39 is 22.1 Å². The molecule has 0 aliphatic heterocycles. The van der Waals surface area contributed by atoms with Crippen molar-refractivity contribution in [1.29, 1.82) is 0 Å². The van der Waals surface area contributed by atoms with Crippen molar-refractivity contribution < 1.29 is 19.2 Å². The number of aliphatic carboxylic acids is 1. The van der Waals surface area contributed by atoms with Gasteiger partial charge in [-0.3, -0.25) is 14.9 Å². The number of nitro benzene ring substituents is 1. The molecule has 0 radical (unpaired) electrons. The second-order valence-electron chi connectivity index (χ2n) is 3.81. The first kappa shape index (κ1) is 10.5. The lowest BCUT2D eigenvalue weighted by molar-refractivity contribution is -0.385. The Morgan fingerprint density at radius 1 is 1.50 bits per heavy atom. The number of halogens is 1. The van der Waals surface area contributed by atoms with Gasteiger partial charge < -0.3 is 5.11 Å². The van der Waals surface area contributed by atoms with Crippen LogP contribution in [0.4, 0.5) is 10.1 Å². The molecule has 1 aromatic rings. The van der Waals surface area contributed by atoms with Gasteiger partial charge in [0.05, 0.1) is 15.9 Å². The summed E-state index contributed by atoms with van der Waals surface area (Å²) in [5, 5.41) is 19.7. The minimum absolute atomic E-state index is 0.0370. The van der Waals surface area contributed by atoms with Crippen LogP contribution >= 0.6 is 0 Å². The third-order valence-electron chi connectivity index (χ3n) is 2.83. The van der Waals surface area contributed by atoms with Gasteiger partial charge in [0.1, 0.15) is 5.82 Å². The summed E-state index contributed by atoms with van der Waals surface area (Å²) in [6.07, 6.45) is 0.624. The van der Waals surface area contributed by atoms with Crippen molar-refractivity contribution in [3.05, 3.63) is 39.7 Å². The highest BCUT2D eigenvalue weighted by molar-refractivity contribution is 5.86. The Morgan fingerprint density at radius 3 is 2.56 bits per heavy atom. The first-order chi connectivity index (χ1) is 7.47. The fraction of sp³-hybridized carbons (Fsp3) is 0.300. The van der Waals surface area contributed by atoms with E-state index in [0.717, 1.165) is 18.2 Å². The molecule has 0 atom stereocenters. The van der Waals surface area contributed by atoms with E-state index >= 15 is 0 Å². The standard InChI is InChI=1S/C10H8FNO4/c11-6-1-2-8(12(15)16)7(5-6)10(3-4-10)9(13)14/h1-2,5H,3-4H2,(H,13,14). The SMILES string of the molecule is O=C(O)C1(c2cc(F)ccc2[N+](=O)[O-])CC1. The van der Waals surface area contributed by atoms with Gasteiger partial charge in [0.2, 0.25) is 0 Å². The minimum atomic E-state index is -1.26. The molecule has 5 nitrogen and oxygen atoms in total. The van der Waals surface area contributed by atoms with Crippen LogP contribution in [0.25, 0.3) is 0 Å². The van der Waals surface area contributed by atoms with Gasteiger partial charge in [-0.1, -0.05) is 0 Å². The van der Waals surface area contributed by atoms with E-state index in [4.69, 9.17) is 5.11 Å². The maximum absolute atomic E-state index is 13.0. The van der Waals surface area contributed by atoms with Gasteiger partial charge >= 0.3 is 5.97 Å². The van der Waals surface area contributed by atoms with Crippen molar-refractivity contribution in [2.75, 3.05) is 0 Å². The molecule has 0 unspecified atom stereocenters. The van der Waals surface area contributed by atoms with E-state index in [0.29, 0.717) is 12.8 Å². The number of benzene rings is 1. The van der Waals surface area contributed by atoms with Crippen molar-refractivity contribution in [3.63, 3.8) is 0 Å². The molecular formula is C10H8FNO4. The third-order valence-corrected chi connectivity index (χ3v) is 2.83. The summed E-state index contributed by atoms with van der Waals surface area (Å²) >= 11 is 0. The van der Waals surface area contributed by atoms with Crippen molar-refractivity contribution in [2.45, 2.75) is 18.3 Å². The van der Waals surface area contributed by atoms with Crippen LogP contribution in [-0.4, -0.2) is 16.0 Å². The van der Waals surface area contributed by atoms with Gasteiger partial charge in [-0.05, 0) is 25.0 Å². The highest BCUT2D eigenvalue weighted by Crippen LogP contribution is 2.51. The number of hydrogen-bond acceptors (Lipinski definition) is 3. The average Bonchev–Trinajstić information content (AvgIpc) is 2.97. The highest BCUT2D eigenvalue weighted by atomic mass is 19.1. The second kappa shape index (κ2) is 3.26. The molecule has 1 aromatic carbocycles. The molecular weight excluding hydrogens is 217 g/mol. The van der Waals surface area contributed by atoms with Crippen LogP contribution in [-0.2, 0) is 10.2 Å². The number of carboxylic acid groups (broad SMARTS) is 1. The molecule has 0 spiro atoms. The van der Waals surface area contributed by atoms with Crippen molar-refractivity contribution in [3.8, 4) is 0 Å². The maximum Gasteiger partial charge on any atom is 0.314 e. The van der Waals surface area contributed by atoms with E-state index in [-0.39, 0.29) is 11.3 Å². The molecule has 1 N–H and O–H groups in total. The zero-order valence-electron chi connectivity index (χ0n) is 8.14. The van der Waals surface area contributed by atoms with Crippen molar-refractivity contribution in [1.82, 2.24) is 0 Å². The van der Waals surface area contributed by atoms with Gasteiger partial charge in [-0.15, -0.1) is 0 Å². The maximum atomic E-state index is 13.0. The fourth-order valence-corrected chi connectivity index (χ4v) is 1.77. The van der Waals surface area contributed by atoms with E-state index in [1.54, 1.807) is 0 Å². The number of rotatable bonds is 3. The molecule has 2 rings (SSSR count). The monoisotopic (exact) mass is 225 g/mol. The van der Waals surface area contributed by atoms with Crippen LogP contribution in [0.5, 0.6) is 0 Å². The van der Waals surface area contributed by atoms with E-state index in [1.807, 2.05) is 0 Å². The van der Waals surface area contributed by atoms with Gasteiger partial charge in [0.15, 0.2) is 0 Å². The van der Waals surface area contributed by atoms with Gasteiger partial charge in [-0.2, -0.15) is 0 Å². The lowest BCUT2D eigenvalue weighted by Gasteiger charge is -2.10. The third kappa shape index (κ3) is 1.42. The van der Waals surface area contributed by atoms with Crippen molar-refractivity contribution >= 4 is 11.7 Å². The summed E-state index contributed by atoms with van der Waals surface area (Å²) in [5.74, 6) is -1.80. The summed E-state index contributed by atoms with van der Waals surface area (Å²) in [4.78, 5) is 21.1. The molecule has 0 aromatic heterocycles. The van der Waals surface area contributed by atoms with Crippen LogP contribution in [0.1, 0.15) is 18.4 Å². The first-order valence-corrected chi connectivity index (χ1v) is 4.65. The zero-order chi connectivity index (χ0) is 11.9. The lowest BCUT2D eigenvalue weighted by atomic mass is 9.94. The largest absolute Gasteiger partial charge is 0.481 e. The minimum Gasteiger partial charge on any atom is -0.481 e. The Balaban J connectivity index is 2.59. The normalized spacial score (nSPS) is 16.8. The summed E-state index contributed by atoms with van der Waals surface area (Å²) in [6, 6.07) is 2.91. The Morgan fingerprint density at radius 2 is 2.12 bits per heavy atom. The Bertz CT molecular complexity index is 482. The van der Waals surface area contributed by atoms with Crippen LogP contribution in [0.3, 0.4) is 0 Å². The van der Waals surface area contributed by atoms with E-state index in [9.17, 15) is 19.3 Å². The van der Waals surface area contributed by atoms with Gasteiger partial charge in [0.25, 0.3) is 5.69 Å². The van der Waals surface area contributed by atoms with E-state index in [1.165, 1.54) is 0 Å². The van der Waals surface area contributed by atoms with Crippen LogP contribution in [0.15, 0.2) is 18.2 Å². The Labute approximate surface area is 89.7 Å². The summed E-state index contributed by atoms with van der Waals surface area (Å²) in [7, 11) is 0. The Hall–Kier alpha value is -1.98. The quantitative estimate of drug-likeness (QED) is 0.628. The van der Waals surface area contributed by atoms with Gasteiger partial charge in [-0.25, -0.2) is 4.39 Å². The molecule has 16 heavy (non-hydrogen) atoms. The number of nitro groups is 1. The molecule has 1 fully saturated rings. The van der Waals surface area contributed by atoms with E-state index in [2.05, 4.69) is 0 Å². The fourth-order valence-electron chi connectivity index (χ4n) is 1.77. The number of nitrogens with zero attached hydrogens (tertiary/aromatic N) is 1. The molecule has 0 bridgehead atoms. The molecule has 1 aliphatic carbocycles. The first-order valence-electron chi connectivity index (χ1n) is 4.65. The Kier molecular flexibility index (Phi) is 2.15. The predicted octanol–water partition coefficient (Wildman–Crippen LogP) is 1.85. The van der Waals surface area contributed by atoms with Crippen LogP contribution < -0.4 is 0 Å². The zero-order valence-corrected chi connectivity index (χ0v) is 8.14. The molecule has 0 amide bonds. The molecule has 1 saturated carbocycles. The molecule has 84 valence electrons. The molecule has 6 heteroatoms. The number of carbonyl (C=O) groups is 1. The summed E-state index contributed by atoms with van der Waals surface area (Å²) in [6.45, 7) is 0. The smallest absolute Gasteiger partial charge is 0.314 e. The molecule has 0 heterocycles. The lowest BCUT2D eigenvalue weighted by Crippen LogP contribution is -2.21. The molecule has 1 aliphatic rings. The molecule has 0 saturated heterocycles. The number of hydrogen-bond donors (Lipinski definition) is 1. The number of carboxylic acids is 1. The van der Waals surface area contributed by atoms with Crippen LogP contribution in [0.2, 0.25) is 0 Å². The van der Waals surface area contributed by atoms with Crippen LogP contribution in [0, 0.1) is 15.9 Å².